The van der Waals surface area contributed by atoms with Gasteiger partial charge in [0.05, 0.1) is 22.1 Å². The molecule has 0 saturated carbocycles. The number of nitrogens with zero attached hydrogens (tertiary/aromatic N) is 2. The normalized spacial score (nSPS) is 16.9. The molecular weight excluding hydrogens is 508 g/mol. The molecule has 5 rings (SSSR count). The predicted octanol–water partition coefficient (Wildman–Crippen LogP) is 3.68. The van der Waals surface area contributed by atoms with Crippen LogP contribution in [0.2, 0.25) is 0 Å². The third-order valence-corrected chi connectivity index (χ3v) is 8.56. The van der Waals surface area contributed by atoms with E-state index in [2.05, 4.69) is 10.6 Å². The zero-order chi connectivity index (χ0) is 25.8. The van der Waals surface area contributed by atoms with Gasteiger partial charge in [-0.3, -0.25) is 9.59 Å². The number of rotatable bonds is 7. The van der Waals surface area contributed by atoms with Crippen molar-refractivity contribution >= 4 is 39.1 Å². The lowest BCUT2D eigenvalue weighted by molar-refractivity contribution is -0.118. The summed E-state index contributed by atoms with van der Waals surface area (Å²) in [6.07, 6.45) is 3.72. The van der Waals surface area contributed by atoms with E-state index in [1.807, 2.05) is 47.8 Å². The summed E-state index contributed by atoms with van der Waals surface area (Å²) in [5.41, 5.74) is 2.52. The first-order chi connectivity index (χ1) is 17.9. The van der Waals surface area contributed by atoms with Crippen molar-refractivity contribution in [3.63, 3.8) is 0 Å². The summed E-state index contributed by atoms with van der Waals surface area (Å²) in [4.78, 5) is 27.2. The van der Waals surface area contributed by atoms with Gasteiger partial charge < -0.3 is 10.6 Å². The van der Waals surface area contributed by atoms with Crippen LogP contribution in [0.15, 0.2) is 90.1 Å². The maximum absolute atomic E-state index is 13.3. The quantitative estimate of drug-likeness (QED) is 0.353. The van der Waals surface area contributed by atoms with E-state index in [1.54, 1.807) is 47.3 Å². The van der Waals surface area contributed by atoms with Gasteiger partial charge in [-0.15, -0.1) is 11.3 Å². The molecule has 2 amide bonds. The zero-order valence-corrected chi connectivity index (χ0v) is 21.3. The number of carbonyl (C=O) groups excluding carboxylic acids is 2. The molecule has 0 spiro atoms. The SMILES string of the molecule is O=C(N[C@H]1CCS(=O)(=O)C1)/C(=C\c1cn(-c2ccccc2)nc1-c1cccs1)NC(=O)c1ccccc1. The maximum atomic E-state index is 13.3. The highest BCUT2D eigenvalue weighted by molar-refractivity contribution is 7.91. The summed E-state index contributed by atoms with van der Waals surface area (Å²) in [5, 5.41) is 12.2. The minimum atomic E-state index is -3.19. The first-order valence-electron chi connectivity index (χ1n) is 11.7. The highest BCUT2D eigenvalue weighted by Crippen LogP contribution is 2.29. The Morgan fingerprint density at radius 3 is 2.38 bits per heavy atom. The van der Waals surface area contributed by atoms with Gasteiger partial charge in [0.2, 0.25) is 0 Å². The van der Waals surface area contributed by atoms with Gasteiger partial charge in [0.15, 0.2) is 9.84 Å². The molecule has 0 bridgehead atoms. The average Bonchev–Trinajstić information content (AvgIpc) is 3.65. The number of carbonyl (C=O) groups is 2. The van der Waals surface area contributed by atoms with Crippen LogP contribution in [0.1, 0.15) is 22.3 Å². The molecule has 1 fully saturated rings. The second kappa shape index (κ2) is 10.5. The summed E-state index contributed by atoms with van der Waals surface area (Å²) in [7, 11) is -3.19. The lowest BCUT2D eigenvalue weighted by Gasteiger charge is -2.14. The fraction of sp³-hybridized carbons (Fsp3) is 0.148. The number of hydrogen-bond acceptors (Lipinski definition) is 6. The Labute approximate surface area is 218 Å². The summed E-state index contributed by atoms with van der Waals surface area (Å²) in [6.45, 7) is 0. The van der Waals surface area contributed by atoms with Crippen molar-refractivity contribution in [2.24, 2.45) is 0 Å². The van der Waals surface area contributed by atoms with Crippen LogP contribution in [-0.2, 0) is 14.6 Å². The van der Waals surface area contributed by atoms with E-state index in [1.165, 1.54) is 11.3 Å². The zero-order valence-electron chi connectivity index (χ0n) is 19.7. The third kappa shape index (κ3) is 5.87. The summed E-state index contributed by atoms with van der Waals surface area (Å²) >= 11 is 1.51. The Morgan fingerprint density at radius 1 is 1.00 bits per heavy atom. The number of hydrogen-bond donors (Lipinski definition) is 2. The second-order valence-corrected chi connectivity index (χ2v) is 11.8. The van der Waals surface area contributed by atoms with Gasteiger partial charge in [-0.1, -0.05) is 42.5 Å². The fourth-order valence-electron chi connectivity index (χ4n) is 4.08. The molecule has 0 aliphatic carbocycles. The van der Waals surface area contributed by atoms with Crippen LogP contribution >= 0.6 is 11.3 Å². The van der Waals surface area contributed by atoms with Crippen molar-refractivity contribution in [3.05, 3.63) is 101 Å². The Bertz CT molecular complexity index is 1540. The molecule has 4 aromatic rings. The standard InChI is InChI=1S/C27H24N4O4S2/c32-26(19-8-3-1-4-9-19)29-23(27(33)28-21-13-15-37(34,35)18-21)16-20-17-31(22-10-5-2-6-11-22)30-25(20)24-12-7-14-36-24/h1-12,14,16-17,21H,13,15,18H2,(H,28,33)(H,29,32)/b23-16+/t21-/m0/s1. The van der Waals surface area contributed by atoms with Gasteiger partial charge >= 0.3 is 0 Å². The molecule has 2 aromatic carbocycles. The van der Waals surface area contributed by atoms with Crippen LogP contribution in [0.5, 0.6) is 0 Å². The smallest absolute Gasteiger partial charge is 0.268 e. The Hall–Kier alpha value is -4.02. The Morgan fingerprint density at radius 2 is 1.73 bits per heavy atom. The van der Waals surface area contributed by atoms with Crippen LogP contribution < -0.4 is 10.6 Å². The third-order valence-electron chi connectivity index (χ3n) is 5.91. The Kier molecular flexibility index (Phi) is 7.02. The summed E-state index contributed by atoms with van der Waals surface area (Å²) < 4.78 is 25.5. The molecule has 2 N–H and O–H groups in total. The molecule has 1 saturated heterocycles. The van der Waals surface area contributed by atoms with Crippen LogP contribution in [0.25, 0.3) is 22.3 Å². The van der Waals surface area contributed by atoms with Crippen molar-refractivity contribution in [2.45, 2.75) is 12.5 Å². The van der Waals surface area contributed by atoms with E-state index in [0.717, 1.165) is 10.6 Å². The molecule has 1 aliphatic heterocycles. The highest BCUT2D eigenvalue weighted by Gasteiger charge is 2.30. The molecule has 0 unspecified atom stereocenters. The van der Waals surface area contributed by atoms with Gasteiger partial charge in [-0.05, 0) is 48.2 Å². The molecule has 0 radical (unpaired) electrons. The monoisotopic (exact) mass is 532 g/mol. The van der Waals surface area contributed by atoms with Crippen molar-refractivity contribution in [2.75, 3.05) is 11.5 Å². The van der Waals surface area contributed by atoms with Gasteiger partial charge in [0.1, 0.15) is 11.4 Å². The first kappa shape index (κ1) is 24.7. The van der Waals surface area contributed by atoms with E-state index >= 15 is 0 Å². The molecule has 1 aliphatic rings. The van der Waals surface area contributed by atoms with E-state index < -0.39 is 27.7 Å². The maximum Gasteiger partial charge on any atom is 0.268 e. The first-order valence-corrected chi connectivity index (χ1v) is 14.4. The second-order valence-electron chi connectivity index (χ2n) is 8.64. The fourth-order valence-corrected chi connectivity index (χ4v) is 6.49. The van der Waals surface area contributed by atoms with Gasteiger partial charge in [-0.2, -0.15) is 5.10 Å². The van der Waals surface area contributed by atoms with Crippen molar-refractivity contribution in [1.29, 1.82) is 0 Å². The lowest BCUT2D eigenvalue weighted by Crippen LogP contribution is -2.41. The molecule has 8 nitrogen and oxygen atoms in total. The van der Waals surface area contributed by atoms with Gasteiger partial charge in [0.25, 0.3) is 11.8 Å². The van der Waals surface area contributed by atoms with Crippen LogP contribution in [0.4, 0.5) is 0 Å². The molecule has 3 heterocycles. The topological polar surface area (TPSA) is 110 Å². The van der Waals surface area contributed by atoms with Gasteiger partial charge in [-0.25, -0.2) is 13.1 Å². The highest BCUT2D eigenvalue weighted by atomic mass is 32.2. The number of nitrogens with one attached hydrogen (secondary N) is 2. The van der Waals surface area contributed by atoms with Crippen LogP contribution in [-0.4, -0.2) is 47.6 Å². The number of sulfone groups is 1. The number of aromatic nitrogens is 2. The number of amides is 2. The van der Waals surface area contributed by atoms with Gasteiger partial charge in [0, 0.05) is 23.4 Å². The Balaban J connectivity index is 1.54. The molecule has 37 heavy (non-hydrogen) atoms. The number of thiophene rings is 1. The molecule has 1 atom stereocenters. The largest absolute Gasteiger partial charge is 0.347 e. The lowest BCUT2D eigenvalue weighted by atomic mass is 10.1. The summed E-state index contributed by atoms with van der Waals surface area (Å²) in [6, 6.07) is 21.5. The minimum Gasteiger partial charge on any atom is -0.347 e. The molecule has 188 valence electrons. The van der Waals surface area contributed by atoms with Crippen molar-refractivity contribution in [3.8, 4) is 16.3 Å². The van der Waals surface area contributed by atoms with E-state index in [9.17, 15) is 18.0 Å². The minimum absolute atomic E-state index is 0.00330. The van der Waals surface area contributed by atoms with Crippen LogP contribution in [0.3, 0.4) is 0 Å². The van der Waals surface area contributed by atoms with E-state index in [4.69, 9.17) is 5.10 Å². The van der Waals surface area contributed by atoms with E-state index in [-0.39, 0.29) is 17.2 Å². The number of para-hydroxylation sites is 1. The van der Waals surface area contributed by atoms with Crippen molar-refractivity contribution in [1.82, 2.24) is 20.4 Å². The average molecular weight is 533 g/mol. The molecule has 10 heteroatoms. The molecule has 2 aromatic heterocycles. The van der Waals surface area contributed by atoms with E-state index in [0.29, 0.717) is 23.2 Å². The number of benzene rings is 2. The summed E-state index contributed by atoms with van der Waals surface area (Å²) in [5.74, 6) is -1.10. The van der Waals surface area contributed by atoms with Crippen LogP contribution in [0, 0.1) is 0 Å². The molecular formula is C27H24N4O4S2. The predicted molar refractivity (Wildman–Crippen MR) is 144 cm³/mol. The van der Waals surface area contributed by atoms with Crippen molar-refractivity contribution < 1.29 is 18.0 Å².